The van der Waals surface area contributed by atoms with Crippen LogP contribution >= 0.6 is 0 Å². The molecule has 0 radical (unpaired) electrons. The Labute approximate surface area is 102 Å². The van der Waals surface area contributed by atoms with Gasteiger partial charge in [0.05, 0.1) is 20.5 Å². The average Bonchev–Trinajstić information content (AvgIpc) is 2.25. The van der Waals surface area contributed by atoms with Gasteiger partial charge in [-0.1, -0.05) is 6.07 Å². The monoisotopic (exact) mass is 259 g/mol. The Hall–Kier alpha value is -1.27. The summed E-state index contributed by atoms with van der Waals surface area (Å²) >= 11 is 0. The van der Waals surface area contributed by atoms with Gasteiger partial charge >= 0.3 is 0 Å². The molecule has 0 spiro atoms. The lowest BCUT2D eigenvalue weighted by Gasteiger charge is -2.15. The summed E-state index contributed by atoms with van der Waals surface area (Å²) < 4.78 is 35.0. The van der Waals surface area contributed by atoms with Gasteiger partial charge in [0.25, 0.3) is 0 Å². The van der Waals surface area contributed by atoms with Crippen LogP contribution in [0, 0.1) is 0 Å². The molecular weight excluding hydrogens is 242 g/mol. The van der Waals surface area contributed by atoms with E-state index in [9.17, 15) is 8.42 Å². The van der Waals surface area contributed by atoms with Gasteiger partial charge in [0.2, 0.25) is 10.0 Å². The number of hydrogen-bond acceptors (Lipinski definition) is 4. The van der Waals surface area contributed by atoms with Gasteiger partial charge in [-0.05, 0) is 24.6 Å². The van der Waals surface area contributed by atoms with Crippen LogP contribution < -0.4 is 14.2 Å². The van der Waals surface area contributed by atoms with Crippen LogP contribution in [0.5, 0.6) is 11.5 Å². The third-order valence-corrected chi connectivity index (χ3v) is 3.08. The predicted molar refractivity (Wildman–Crippen MR) is 65.9 cm³/mol. The second-order valence-corrected chi connectivity index (χ2v) is 5.51. The first-order chi connectivity index (χ1) is 7.87. The van der Waals surface area contributed by atoms with Crippen LogP contribution in [0.2, 0.25) is 0 Å². The summed E-state index contributed by atoms with van der Waals surface area (Å²) in [5.74, 6) is 1.19. The summed E-state index contributed by atoms with van der Waals surface area (Å²) in [7, 11) is -0.140. The maximum atomic E-state index is 11.1. The van der Waals surface area contributed by atoms with Crippen molar-refractivity contribution in [3.8, 4) is 11.5 Å². The first-order valence-electron chi connectivity index (χ1n) is 5.06. The molecule has 0 aliphatic carbocycles. The molecule has 0 bridgehead atoms. The molecule has 6 heteroatoms. The van der Waals surface area contributed by atoms with E-state index in [0.717, 1.165) is 11.8 Å². The van der Waals surface area contributed by atoms with E-state index in [-0.39, 0.29) is 6.04 Å². The first kappa shape index (κ1) is 13.8. The van der Waals surface area contributed by atoms with E-state index in [1.165, 1.54) is 7.11 Å². The lowest BCUT2D eigenvalue weighted by molar-refractivity contribution is 0.354. The van der Waals surface area contributed by atoms with Crippen molar-refractivity contribution in [2.45, 2.75) is 13.0 Å². The summed E-state index contributed by atoms with van der Waals surface area (Å²) in [6, 6.07) is 4.98. The number of rotatable bonds is 5. The summed E-state index contributed by atoms with van der Waals surface area (Å²) in [6.07, 6.45) is 1.13. The van der Waals surface area contributed by atoms with Crippen molar-refractivity contribution in [1.82, 2.24) is 4.72 Å². The van der Waals surface area contributed by atoms with Crippen LogP contribution in [0.3, 0.4) is 0 Å². The van der Waals surface area contributed by atoms with E-state index in [2.05, 4.69) is 4.72 Å². The van der Waals surface area contributed by atoms with Crippen molar-refractivity contribution >= 4 is 10.0 Å². The van der Waals surface area contributed by atoms with E-state index in [1.54, 1.807) is 32.2 Å². The average molecular weight is 259 g/mol. The standard InChI is InChI=1S/C11H17NO4S/c1-8(12-17(4,13)14)9-5-6-10(15-2)11(7-9)16-3/h5-8,12H,1-4H3/t8-/m1/s1. The van der Waals surface area contributed by atoms with Crippen molar-refractivity contribution in [3.63, 3.8) is 0 Å². The Kier molecular flexibility index (Phi) is 4.36. The minimum absolute atomic E-state index is 0.315. The lowest BCUT2D eigenvalue weighted by Crippen LogP contribution is -2.25. The maximum absolute atomic E-state index is 11.1. The number of methoxy groups -OCH3 is 2. The molecule has 0 aromatic heterocycles. The topological polar surface area (TPSA) is 64.6 Å². The molecule has 0 saturated carbocycles. The van der Waals surface area contributed by atoms with Crippen molar-refractivity contribution in [2.75, 3.05) is 20.5 Å². The normalized spacial score (nSPS) is 13.2. The Bertz CT molecular complexity index is 484. The zero-order valence-corrected chi connectivity index (χ0v) is 11.2. The molecule has 1 aromatic rings. The van der Waals surface area contributed by atoms with Gasteiger partial charge in [0.1, 0.15) is 0 Å². The summed E-state index contributed by atoms with van der Waals surface area (Å²) in [5, 5.41) is 0. The predicted octanol–water partition coefficient (Wildman–Crippen LogP) is 1.31. The summed E-state index contributed by atoms with van der Waals surface area (Å²) in [6.45, 7) is 1.77. The molecule has 1 aromatic carbocycles. The van der Waals surface area contributed by atoms with Crippen LogP contribution in [0.25, 0.3) is 0 Å². The van der Waals surface area contributed by atoms with Gasteiger partial charge < -0.3 is 9.47 Å². The SMILES string of the molecule is COc1ccc([C@@H](C)NS(C)(=O)=O)cc1OC. The van der Waals surface area contributed by atoms with E-state index in [1.807, 2.05) is 0 Å². The quantitative estimate of drug-likeness (QED) is 0.866. The van der Waals surface area contributed by atoms with Gasteiger partial charge in [0, 0.05) is 6.04 Å². The number of ether oxygens (including phenoxy) is 2. The Morgan fingerprint density at radius 1 is 1.18 bits per heavy atom. The van der Waals surface area contributed by atoms with Gasteiger partial charge in [-0.25, -0.2) is 13.1 Å². The van der Waals surface area contributed by atoms with E-state index >= 15 is 0 Å². The van der Waals surface area contributed by atoms with E-state index in [0.29, 0.717) is 11.5 Å². The smallest absolute Gasteiger partial charge is 0.209 e. The number of hydrogen-bond donors (Lipinski definition) is 1. The van der Waals surface area contributed by atoms with Crippen LogP contribution in [0.15, 0.2) is 18.2 Å². The van der Waals surface area contributed by atoms with Crippen molar-refractivity contribution in [2.24, 2.45) is 0 Å². The number of benzene rings is 1. The summed E-state index contributed by atoms with van der Waals surface area (Å²) in [4.78, 5) is 0. The molecule has 0 heterocycles. The molecule has 0 aliphatic rings. The third kappa shape index (κ3) is 3.90. The lowest BCUT2D eigenvalue weighted by atomic mass is 10.1. The highest BCUT2D eigenvalue weighted by atomic mass is 32.2. The van der Waals surface area contributed by atoms with Crippen molar-refractivity contribution < 1.29 is 17.9 Å². The van der Waals surface area contributed by atoms with Crippen molar-refractivity contribution in [1.29, 1.82) is 0 Å². The molecule has 0 saturated heterocycles. The number of sulfonamides is 1. The fourth-order valence-electron chi connectivity index (χ4n) is 1.51. The van der Waals surface area contributed by atoms with Gasteiger partial charge in [-0.3, -0.25) is 0 Å². The Morgan fingerprint density at radius 2 is 1.76 bits per heavy atom. The van der Waals surface area contributed by atoms with Gasteiger partial charge in [0.15, 0.2) is 11.5 Å². The Morgan fingerprint density at radius 3 is 2.24 bits per heavy atom. The maximum Gasteiger partial charge on any atom is 0.209 e. The number of nitrogens with one attached hydrogen (secondary N) is 1. The molecule has 0 fully saturated rings. The van der Waals surface area contributed by atoms with Crippen LogP contribution in [0.1, 0.15) is 18.5 Å². The summed E-state index contributed by atoms with van der Waals surface area (Å²) in [5.41, 5.74) is 0.813. The molecule has 0 amide bonds. The van der Waals surface area contributed by atoms with Crippen LogP contribution in [0.4, 0.5) is 0 Å². The van der Waals surface area contributed by atoms with Crippen LogP contribution in [-0.2, 0) is 10.0 Å². The fourth-order valence-corrected chi connectivity index (χ4v) is 2.29. The second kappa shape index (κ2) is 5.37. The molecule has 0 aliphatic heterocycles. The van der Waals surface area contributed by atoms with Gasteiger partial charge in [-0.2, -0.15) is 0 Å². The minimum atomic E-state index is -3.23. The highest BCUT2D eigenvalue weighted by Gasteiger charge is 2.13. The largest absolute Gasteiger partial charge is 0.493 e. The van der Waals surface area contributed by atoms with E-state index < -0.39 is 10.0 Å². The second-order valence-electron chi connectivity index (χ2n) is 3.73. The van der Waals surface area contributed by atoms with Crippen LogP contribution in [-0.4, -0.2) is 28.9 Å². The Balaban J connectivity index is 2.99. The zero-order valence-electron chi connectivity index (χ0n) is 10.4. The third-order valence-electron chi connectivity index (χ3n) is 2.30. The molecule has 1 atom stereocenters. The highest BCUT2D eigenvalue weighted by molar-refractivity contribution is 7.88. The molecule has 96 valence electrons. The molecule has 0 unspecified atom stereocenters. The van der Waals surface area contributed by atoms with E-state index in [4.69, 9.17) is 9.47 Å². The minimum Gasteiger partial charge on any atom is -0.493 e. The van der Waals surface area contributed by atoms with Gasteiger partial charge in [-0.15, -0.1) is 0 Å². The zero-order chi connectivity index (χ0) is 13.1. The molecule has 5 nitrogen and oxygen atoms in total. The molecule has 1 N–H and O–H groups in total. The molecule has 1 rings (SSSR count). The first-order valence-corrected chi connectivity index (χ1v) is 6.95. The molecule has 17 heavy (non-hydrogen) atoms. The van der Waals surface area contributed by atoms with Crippen molar-refractivity contribution in [3.05, 3.63) is 23.8 Å². The molecular formula is C11H17NO4S. The highest BCUT2D eigenvalue weighted by Crippen LogP contribution is 2.29. The fraction of sp³-hybridized carbons (Fsp3) is 0.455.